The van der Waals surface area contributed by atoms with Gasteiger partial charge in [-0.15, -0.1) is 0 Å². The summed E-state index contributed by atoms with van der Waals surface area (Å²) in [7, 11) is 0. The van der Waals surface area contributed by atoms with E-state index in [2.05, 4.69) is 6.58 Å². The van der Waals surface area contributed by atoms with Crippen molar-refractivity contribution in [3.63, 3.8) is 0 Å². The van der Waals surface area contributed by atoms with Gasteiger partial charge in [-0.3, -0.25) is 9.59 Å². The van der Waals surface area contributed by atoms with E-state index in [1.807, 2.05) is 6.92 Å². The summed E-state index contributed by atoms with van der Waals surface area (Å²) in [4.78, 5) is 36.2. The van der Waals surface area contributed by atoms with Crippen molar-refractivity contribution in [2.75, 3.05) is 0 Å². The Kier molecular flexibility index (Phi) is 7.41. The van der Waals surface area contributed by atoms with Crippen LogP contribution in [0.3, 0.4) is 0 Å². The predicted octanol–water partition coefficient (Wildman–Crippen LogP) is 2.63. The number of aliphatic hydroxyl groups excluding tert-OH is 1. The minimum Gasteiger partial charge on any atom is -0.458 e. The van der Waals surface area contributed by atoms with Gasteiger partial charge in [0.2, 0.25) is 0 Å². The molecule has 29 heavy (non-hydrogen) atoms. The minimum atomic E-state index is -0.921. The summed E-state index contributed by atoms with van der Waals surface area (Å²) in [6.07, 6.45) is 0.946. The van der Waals surface area contributed by atoms with Crippen LogP contribution in [0.25, 0.3) is 0 Å². The van der Waals surface area contributed by atoms with Gasteiger partial charge in [0.05, 0.1) is 17.9 Å². The number of esters is 3. The van der Waals surface area contributed by atoms with E-state index in [1.165, 1.54) is 6.92 Å². The maximum absolute atomic E-state index is 12.5. The summed E-state index contributed by atoms with van der Waals surface area (Å²) in [6, 6.07) is 0. The smallest absolute Gasteiger partial charge is 0.334 e. The van der Waals surface area contributed by atoms with Crippen molar-refractivity contribution in [2.24, 2.45) is 11.8 Å². The lowest BCUT2D eigenvalue weighted by atomic mass is 9.85. The monoisotopic (exact) mass is 406 g/mol. The normalized spacial score (nSPS) is 34.6. The second-order valence-electron chi connectivity index (χ2n) is 7.80. The van der Waals surface area contributed by atoms with E-state index < -0.39 is 48.2 Å². The molecule has 1 aliphatic carbocycles. The Morgan fingerprint density at radius 1 is 1.28 bits per heavy atom. The Bertz CT molecular complexity index is 748. The molecule has 6 atom stereocenters. The first-order chi connectivity index (χ1) is 13.5. The lowest BCUT2D eigenvalue weighted by molar-refractivity contribution is -0.154. The third-order valence-electron chi connectivity index (χ3n) is 5.52. The van der Waals surface area contributed by atoms with Crippen LogP contribution in [-0.4, -0.2) is 47.4 Å². The number of carbonyl (C=O) groups excluding carboxylic acids is 3. The zero-order chi connectivity index (χ0) is 21.9. The van der Waals surface area contributed by atoms with E-state index in [0.29, 0.717) is 17.6 Å². The molecule has 0 saturated carbocycles. The molecule has 0 aromatic carbocycles. The SMILES string of the molecule is C=C1C(=O)O[C@@H]2/C=C(/C)[C@@H](OC(C)=O)C[C@H](O)/C(C)=C\[C@@H](OC(=O)[C@@H](C)CC)[C@@H]12. The first-order valence-corrected chi connectivity index (χ1v) is 9.87. The van der Waals surface area contributed by atoms with Gasteiger partial charge in [-0.1, -0.05) is 20.4 Å². The highest BCUT2D eigenvalue weighted by Crippen LogP contribution is 2.36. The summed E-state index contributed by atoms with van der Waals surface area (Å²) in [5.74, 6) is -2.37. The van der Waals surface area contributed by atoms with Crippen LogP contribution in [0.1, 0.15) is 47.5 Å². The van der Waals surface area contributed by atoms with Gasteiger partial charge in [-0.25, -0.2) is 4.79 Å². The first kappa shape index (κ1) is 22.9. The topological polar surface area (TPSA) is 99.1 Å². The Labute approximate surface area is 171 Å². The van der Waals surface area contributed by atoms with Crippen LogP contribution in [0.15, 0.2) is 35.5 Å². The molecule has 0 amide bonds. The molecule has 1 fully saturated rings. The molecule has 1 saturated heterocycles. The maximum atomic E-state index is 12.5. The third-order valence-corrected chi connectivity index (χ3v) is 5.52. The van der Waals surface area contributed by atoms with Gasteiger partial charge in [0.25, 0.3) is 0 Å². The first-order valence-electron chi connectivity index (χ1n) is 9.87. The molecule has 0 radical (unpaired) electrons. The fourth-order valence-electron chi connectivity index (χ4n) is 3.41. The van der Waals surface area contributed by atoms with Crippen LogP contribution >= 0.6 is 0 Å². The molecule has 160 valence electrons. The molecule has 0 unspecified atom stereocenters. The van der Waals surface area contributed by atoms with Crippen molar-refractivity contribution in [3.05, 3.63) is 35.5 Å². The number of carbonyl (C=O) groups is 3. The largest absolute Gasteiger partial charge is 0.458 e. The Morgan fingerprint density at radius 3 is 2.52 bits per heavy atom. The van der Waals surface area contributed by atoms with E-state index in [1.54, 1.807) is 32.9 Å². The van der Waals surface area contributed by atoms with Crippen molar-refractivity contribution < 1.29 is 33.7 Å². The van der Waals surface area contributed by atoms with Crippen LogP contribution in [0, 0.1) is 11.8 Å². The Hall–Kier alpha value is -2.41. The van der Waals surface area contributed by atoms with E-state index in [4.69, 9.17) is 14.2 Å². The molecule has 7 heteroatoms. The summed E-state index contributed by atoms with van der Waals surface area (Å²) < 4.78 is 16.5. The van der Waals surface area contributed by atoms with Gasteiger partial charge in [0.1, 0.15) is 18.3 Å². The lowest BCUT2D eigenvalue weighted by Gasteiger charge is -2.29. The second-order valence-corrected chi connectivity index (χ2v) is 7.80. The van der Waals surface area contributed by atoms with Crippen LogP contribution in [0.5, 0.6) is 0 Å². The van der Waals surface area contributed by atoms with Crippen molar-refractivity contribution in [1.82, 2.24) is 0 Å². The van der Waals surface area contributed by atoms with Gasteiger partial charge in [-0.2, -0.15) is 0 Å². The molecular weight excluding hydrogens is 376 g/mol. The van der Waals surface area contributed by atoms with Gasteiger partial charge in [0, 0.05) is 18.9 Å². The van der Waals surface area contributed by atoms with Gasteiger partial charge in [-0.05, 0) is 43.6 Å². The quantitative estimate of drug-likeness (QED) is 0.332. The number of aliphatic hydroxyl groups is 1. The fraction of sp³-hybridized carbons (Fsp3) is 0.591. The van der Waals surface area contributed by atoms with E-state index in [9.17, 15) is 19.5 Å². The lowest BCUT2D eigenvalue weighted by Crippen LogP contribution is -2.35. The standard InChI is InChI=1S/C22H30O7/c1-7-11(2)21(25)28-18-8-12(3)16(24)10-17(27-15(6)23)13(4)9-19-20(18)14(5)22(26)29-19/h8-9,11,16-20,24H,5,7,10H2,1-4,6H3/b12-8-,13-9-/t11-,16-,17-,18+,19+,20+/m0/s1. The molecule has 1 aliphatic heterocycles. The molecular formula is C22H30O7. The number of hydrogen-bond acceptors (Lipinski definition) is 7. The average molecular weight is 406 g/mol. The predicted molar refractivity (Wildman–Crippen MR) is 106 cm³/mol. The van der Waals surface area contributed by atoms with Gasteiger partial charge in [0.15, 0.2) is 0 Å². The highest BCUT2D eigenvalue weighted by Gasteiger charge is 2.44. The third kappa shape index (κ3) is 5.35. The van der Waals surface area contributed by atoms with Crippen LogP contribution in [0.4, 0.5) is 0 Å². The summed E-state index contributed by atoms with van der Waals surface area (Å²) >= 11 is 0. The molecule has 7 nitrogen and oxygen atoms in total. The van der Waals surface area contributed by atoms with Gasteiger partial charge < -0.3 is 19.3 Å². The summed E-state index contributed by atoms with van der Waals surface area (Å²) in [6.45, 7) is 12.2. The molecule has 1 N–H and O–H groups in total. The fourth-order valence-corrected chi connectivity index (χ4v) is 3.41. The Balaban J connectivity index is 2.49. The average Bonchev–Trinajstić information content (AvgIpc) is 2.92. The van der Waals surface area contributed by atoms with Crippen LogP contribution in [-0.2, 0) is 28.6 Å². The number of fused-ring (bicyclic) bond motifs is 1. The summed E-state index contributed by atoms with van der Waals surface area (Å²) in [5.41, 5.74) is 1.38. The van der Waals surface area contributed by atoms with E-state index in [-0.39, 0.29) is 17.9 Å². The van der Waals surface area contributed by atoms with Gasteiger partial charge >= 0.3 is 17.9 Å². The highest BCUT2D eigenvalue weighted by atomic mass is 16.6. The van der Waals surface area contributed by atoms with Crippen molar-refractivity contribution in [3.8, 4) is 0 Å². The van der Waals surface area contributed by atoms with Crippen LogP contribution in [0.2, 0.25) is 0 Å². The molecule has 0 bridgehead atoms. The highest BCUT2D eigenvalue weighted by molar-refractivity contribution is 5.91. The molecule has 0 aromatic rings. The van der Waals surface area contributed by atoms with Crippen LogP contribution < -0.4 is 0 Å². The summed E-state index contributed by atoms with van der Waals surface area (Å²) in [5, 5.41) is 10.6. The van der Waals surface area contributed by atoms with E-state index in [0.717, 1.165) is 0 Å². The van der Waals surface area contributed by atoms with Crippen molar-refractivity contribution in [1.29, 1.82) is 0 Å². The van der Waals surface area contributed by atoms with Crippen molar-refractivity contribution >= 4 is 17.9 Å². The van der Waals surface area contributed by atoms with Crippen molar-refractivity contribution in [2.45, 2.75) is 71.9 Å². The number of ether oxygens (including phenoxy) is 3. The molecule has 2 aliphatic rings. The Morgan fingerprint density at radius 2 is 1.93 bits per heavy atom. The molecule has 1 heterocycles. The zero-order valence-corrected chi connectivity index (χ0v) is 17.6. The number of rotatable bonds is 4. The zero-order valence-electron chi connectivity index (χ0n) is 17.6. The van der Waals surface area contributed by atoms with E-state index >= 15 is 0 Å². The second kappa shape index (κ2) is 9.39. The minimum absolute atomic E-state index is 0.141. The molecule has 0 aromatic heterocycles. The number of hydrogen-bond donors (Lipinski definition) is 1. The molecule has 2 rings (SSSR count). The maximum Gasteiger partial charge on any atom is 0.334 e. The molecule has 0 spiro atoms.